The SMILES string of the molecule is Cc1nc2c(s1)CCCCCCC1(C)CCN(CC1)c1c([C@H](OC(C)(C)C)C(=O)O)c(C)nc3cc(nn13)-c1cccc-2c1. The van der Waals surface area contributed by atoms with E-state index in [1.165, 1.54) is 37.0 Å². The first-order valence-electron chi connectivity index (χ1n) is 16.0. The molecular formula is C35H45N5O3S. The topological polar surface area (TPSA) is 92.9 Å². The summed E-state index contributed by atoms with van der Waals surface area (Å²) in [4.78, 5) is 26.3. The quantitative estimate of drug-likeness (QED) is 0.248. The van der Waals surface area contributed by atoms with Crippen molar-refractivity contribution in [2.75, 3.05) is 18.0 Å². The van der Waals surface area contributed by atoms with Crippen LogP contribution < -0.4 is 4.90 Å². The molecular weight excluding hydrogens is 570 g/mol. The number of carboxylic acid groups (broad SMARTS) is 1. The van der Waals surface area contributed by atoms with E-state index in [2.05, 4.69) is 43.0 Å². The number of piperidine rings is 1. The molecule has 3 aromatic heterocycles. The van der Waals surface area contributed by atoms with E-state index in [-0.39, 0.29) is 5.41 Å². The number of benzene rings is 1. The largest absolute Gasteiger partial charge is 0.479 e. The maximum Gasteiger partial charge on any atom is 0.337 e. The van der Waals surface area contributed by atoms with Crippen LogP contribution in [-0.2, 0) is 16.0 Å². The Bertz CT molecular complexity index is 1680. The molecule has 3 aliphatic heterocycles. The van der Waals surface area contributed by atoms with Crippen molar-refractivity contribution < 1.29 is 14.6 Å². The van der Waals surface area contributed by atoms with Crippen molar-refractivity contribution in [2.45, 2.75) is 105 Å². The van der Waals surface area contributed by atoms with Crippen LogP contribution in [0.4, 0.5) is 5.82 Å². The standard InChI is InChI=1S/C35H45N5O3S/c1-22-29(31(33(41)42)43-34(3,4)5)32-39-18-16-35(6,17-19-39)15-10-8-7-9-14-27-30(37-23(2)44-27)25-13-11-12-24(20-25)26-21-28(36-22)40(32)38-26/h11-13,20-21,31H,7-10,14-19H2,1-6H3,(H,41,42)/t31-/m0/s1. The molecule has 0 aliphatic carbocycles. The lowest BCUT2D eigenvalue weighted by atomic mass is 9.76. The van der Waals surface area contributed by atoms with Crippen molar-refractivity contribution >= 4 is 28.8 Å². The number of hydrogen-bond donors (Lipinski definition) is 1. The van der Waals surface area contributed by atoms with E-state index in [1.54, 1.807) is 0 Å². The van der Waals surface area contributed by atoms with E-state index >= 15 is 0 Å². The van der Waals surface area contributed by atoms with Crippen LogP contribution in [0.15, 0.2) is 30.3 Å². The molecule has 0 unspecified atom stereocenters. The van der Waals surface area contributed by atoms with E-state index in [0.717, 1.165) is 65.7 Å². The number of thiazole rings is 1. The molecule has 8 nitrogen and oxygen atoms in total. The van der Waals surface area contributed by atoms with Crippen LogP contribution in [0.5, 0.6) is 0 Å². The first-order valence-corrected chi connectivity index (χ1v) is 16.9. The number of ether oxygens (including phenoxy) is 1. The zero-order chi connectivity index (χ0) is 31.2. The minimum absolute atomic E-state index is 0.269. The molecule has 3 aliphatic rings. The second kappa shape index (κ2) is 11.9. The van der Waals surface area contributed by atoms with Gasteiger partial charge in [-0.05, 0) is 78.2 Å². The number of hydrogen-bond acceptors (Lipinski definition) is 7. The third-order valence-electron chi connectivity index (χ3n) is 9.20. The Hall–Kier alpha value is -3.30. The van der Waals surface area contributed by atoms with Crippen LogP contribution in [0.2, 0.25) is 0 Å². The highest BCUT2D eigenvalue weighted by molar-refractivity contribution is 7.12. The van der Waals surface area contributed by atoms with Crippen LogP contribution >= 0.6 is 11.3 Å². The van der Waals surface area contributed by atoms with E-state index < -0.39 is 17.7 Å². The molecule has 1 atom stereocenters. The molecule has 44 heavy (non-hydrogen) atoms. The highest BCUT2D eigenvalue weighted by Crippen LogP contribution is 2.42. The Balaban J connectivity index is 1.54. The molecule has 6 heterocycles. The van der Waals surface area contributed by atoms with Crippen LogP contribution in [0, 0.1) is 19.3 Å². The van der Waals surface area contributed by atoms with Gasteiger partial charge in [0.2, 0.25) is 0 Å². The van der Waals surface area contributed by atoms with Gasteiger partial charge in [-0.3, -0.25) is 0 Å². The lowest BCUT2D eigenvalue weighted by Crippen LogP contribution is -2.41. The summed E-state index contributed by atoms with van der Waals surface area (Å²) in [6.45, 7) is 13.8. The minimum atomic E-state index is -1.17. The van der Waals surface area contributed by atoms with Crippen molar-refractivity contribution in [3.8, 4) is 22.5 Å². The second-order valence-electron chi connectivity index (χ2n) is 14.0. The summed E-state index contributed by atoms with van der Waals surface area (Å²) in [7, 11) is 0. The number of aliphatic carboxylic acids is 1. The van der Waals surface area contributed by atoms with Crippen LogP contribution in [0.1, 0.15) is 99.9 Å². The Labute approximate surface area is 264 Å². The second-order valence-corrected chi connectivity index (χ2v) is 15.3. The summed E-state index contributed by atoms with van der Waals surface area (Å²) >= 11 is 1.81. The molecule has 7 rings (SSSR count). The fourth-order valence-electron chi connectivity index (χ4n) is 6.84. The van der Waals surface area contributed by atoms with Crippen molar-refractivity contribution in [3.05, 3.63) is 51.5 Å². The molecule has 1 aromatic carbocycles. The predicted molar refractivity (Wildman–Crippen MR) is 177 cm³/mol. The van der Waals surface area contributed by atoms with E-state index in [1.807, 2.05) is 49.6 Å². The molecule has 1 fully saturated rings. The molecule has 1 N–H and O–H groups in total. The van der Waals surface area contributed by atoms with E-state index in [9.17, 15) is 9.90 Å². The van der Waals surface area contributed by atoms with E-state index in [0.29, 0.717) is 16.9 Å². The Kier molecular flexibility index (Phi) is 8.30. The Morgan fingerprint density at radius 2 is 1.75 bits per heavy atom. The summed E-state index contributed by atoms with van der Waals surface area (Å²) in [6, 6.07) is 10.5. The van der Waals surface area contributed by atoms with Gasteiger partial charge in [0.25, 0.3) is 0 Å². The molecule has 0 saturated carbocycles. The minimum Gasteiger partial charge on any atom is -0.479 e. The van der Waals surface area contributed by atoms with Gasteiger partial charge in [0.1, 0.15) is 5.82 Å². The molecule has 6 bridgehead atoms. The van der Waals surface area contributed by atoms with Gasteiger partial charge in [0.15, 0.2) is 11.8 Å². The first kappa shape index (κ1) is 30.7. The summed E-state index contributed by atoms with van der Waals surface area (Å²) in [5.74, 6) is -0.240. The lowest BCUT2D eigenvalue weighted by Gasteiger charge is -2.41. The number of carbonyl (C=O) groups is 1. The zero-order valence-electron chi connectivity index (χ0n) is 26.9. The molecule has 1 saturated heterocycles. The van der Waals surface area contributed by atoms with Crippen molar-refractivity contribution in [1.29, 1.82) is 0 Å². The molecule has 0 amide bonds. The zero-order valence-corrected chi connectivity index (χ0v) is 27.8. The van der Waals surface area contributed by atoms with Gasteiger partial charge in [0.05, 0.1) is 27.6 Å². The normalized spacial score (nSPS) is 18.1. The number of anilines is 1. The maximum atomic E-state index is 12.8. The van der Waals surface area contributed by atoms with Gasteiger partial charge in [-0.2, -0.15) is 9.61 Å². The molecule has 0 spiro atoms. The van der Waals surface area contributed by atoms with Crippen molar-refractivity contribution in [3.63, 3.8) is 0 Å². The average Bonchev–Trinajstić information content (AvgIpc) is 3.56. The van der Waals surface area contributed by atoms with Gasteiger partial charge in [-0.1, -0.05) is 44.4 Å². The van der Waals surface area contributed by atoms with E-state index in [4.69, 9.17) is 19.8 Å². The fraction of sp³-hybridized carbons (Fsp3) is 0.543. The summed E-state index contributed by atoms with van der Waals surface area (Å²) in [6.07, 6.45) is 8.10. The fourth-order valence-corrected chi connectivity index (χ4v) is 7.84. The number of aryl methyl sites for hydroxylation is 3. The highest BCUT2D eigenvalue weighted by atomic mass is 32.1. The maximum absolute atomic E-state index is 12.8. The predicted octanol–water partition coefficient (Wildman–Crippen LogP) is 8.19. The van der Waals surface area contributed by atoms with Crippen LogP contribution in [0.25, 0.3) is 28.2 Å². The number of carboxylic acids is 1. The van der Waals surface area contributed by atoms with Gasteiger partial charge in [-0.15, -0.1) is 11.3 Å². The van der Waals surface area contributed by atoms with Crippen molar-refractivity contribution in [1.82, 2.24) is 19.6 Å². The smallest absolute Gasteiger partial charge is 0.337 e. The third kappa shape index (κ3) is 6.26. The monoisotopic (exact) mass is 615 g/mol. The number of fused-ring (bicyclic) bond motifs is 7. The molecule has 9 heteroatoms. The van der Waals surface area contributed by atoms with Crippen molar-refractivity contribution in [2.24, 2.45) is 5.41 Å². The highest BCUT2D eigenvalue weighted by Gasteiger charge is 2.37. The first-order chi connectivity index (χ1) is 20.9. The molecule has 4 aromatic rings. The number of aromatic nitrogens is 4. The van der Waals surface area contributed by atoms with Gasteiger partial charge >= 0.3 is 5.97 Å². The Morgan fingerprint density at radius 1 is 1.02 bits per heavy atom. The number of rotatable bonds is 3. The van der Waals surface area contributed by atoms with Gasteiger partial charge in [-0.25, -0.2) is 14.8 Å². The summed E-state index contributed by atoms with van der Waals surface area (Å²) < 4.78 is 8.08. The number of nitrogens with zero attached hydrogens (tertiary/aromatic N) is 5. The van der Waals surface area contributed by atoms with Gasteiger partial charge in [0, 0.05) is 40.9 Å². The van der Waals surface area contributed by atoms with Crippen LogP contribution in [0.3, 0.4) is 0 Å². The Morgan fingerprint density at radius 3 is 2.48 bits per heavy atom. The average molecular weight is 616 g/mol. The molecule has 0 radical (unpaired) electrons. The summed E-state index contributed by atoms with van der Waals surface area (Å²) in [5, 5.41) is 16.7. The lowest BCUT2D eigenvalue weighted by molar-refractivity contribution is -0.160. The van der Waals surface area contributed by atoms with Gasteiger partial charge < -0.3 is 14.7 Å². The summed E-state index contributed by atoms with van der Waals surface area (Å²) in [5.41, 5.74) is 5.51. The molecule has 234 valence electrons. The third-order valence-corrected chi connectivity index (χ3v) is 10.2. The van der Waals surface area contributed by atoms with Crippen LogP contribution in [-0.4, -0.2) is 49.3 Å².